The van der Waals surface area contributed by atoms with Crippen molar-refractivity contribution in [3.8, 4) is 0 Å². The van der Waals surface area contributed by atoms with Crippen LogP contribution in [0.2, 0.25) is 0 Å². The van der Waals surface area contributed by atoms with E-state index in [1.54, 1.807) is 18.5 Å². The van der Waals surface area contributed by atoms with E-state index in [2.05, 4.69) is 18.1 Å². The number of aromatic nitrogens is 1. The minimum atomic E-state index is -0.981. The molecule has 0 aliphatic rings. The number of aliphatic carboxylic acids is 1. The van der Waals surface area contributed by atoms with Crippen LogP contribution < -0.4 is 0 Å². The molecule has 0 saturated heterocycles. The van der Waals surface area contributed by atoms with E-state index in [-0.39, 0.29) is 0 Å². The lowest BCUT2D eigenvalue weighted by Crippen LogP contribution is -1.82. The summed E-state index contributed by atoms with van der Waals surface area (Å²) >= 11 is 0. The molecule has 0 amide bonds. The molecule has 13 heavy (non-hydrogen) atoms. The van der Waals surface area contributed by atoms with Gasteiger partial charge < -0.3 is 5.11 Å². The average Bonchev–Trinajstić information content (AvgIpc) is 2.20. The maximum absolute atomic E-state index is 9.25. The number of hydrogen-bond acceptors (Lipinski definition) is 2. The summed E-state index contributed by atoms with van der Waals surface area (Å²) in [5.41, 5.74) is 1.11. The molecule has 3 nitrogen and oxygen atoms in total. The van der Waals surface area contributed by atoms with E-state index < -0.39 is 5.97 Å². The molecule has 0 radical (unpaired) electrons. The van der Waals surface area contributed by atoms with Gasteiger partial charge in [0.1, 0.15) is 0 Å². The largest absolute Gasteiger partial charge is 0.478 e. The zero-order valence-corrected chi connectivity index (χ0v) is 7.18. The molecule has 1 heterocycles. The van der Waals surface area contributed by atoms with Gasteiger partial charge in [0.2, 0.25) is 0 Å². The zero-order chi connectivity index (χ0) is 10.1. The third kappa shape index (κ3) is 6.50. The van der Waals surface area contributed by atoms with Crippen molar-refractivity contribution >= 4 is 12.0 Å². The number of carboxylic acid groups (broad SMARTS) is 1. The van der Waals surface area contributed by atoms with Crippen LogP contribution in [-0.4, -0.2) is 16.1 Å². The van der Waals surface area contributed by atoms with Gasteiger partial charge in [-0.15, -0.1) is 0 Å². The molecule has 0 bridgehead atoms. The first-order valence-electron chi connectivity index (χ1n) is 3.58. The van der Waals surface area contributed by atoms with Crippen molar-refractivity contribution in [1.29, 1.82) is 0 Å². The van der Waals surface area contributed by atoms with E-state index in [4.69, 9.17) is 5.11 Å². The van der Waals surface area contributed by atoms with Gasteiger partial charge in [0.15, 0.2) is 0 Å². The highest BCUT2D eigenvalue weighted by Crippen LogP contribution is 1.94. The van der Waals surface area contributed by atoms with Crippen molar-refractivity contribution in [1.82, 2.24) is 4.98 Å². The fourth-order valence-electron chi connectivity index (χ4n) is 0.500. The Kier molecular flexibility index (Phi) is 5.80. The highest BCUT2D eigenvalue weighted by molar-refractivity contribution is 5.78. The quantitative estimate of drug-likeness (QED) is 0.703. The Bertz CT molecular complexity index is 280. The van der Waals surface area contributed by atoms with Crippen LogP contribution in [-0.2, 0) is 4.79 Å². The Morgan fingerprint density at radius 1 is 1.38 bits per heavy atom. The van der Waals surface area contributed by atoms with Gasteiger partial charge in [0, 0.05) is 18.5 Å². The van der Waals surface area contributed by atoms with E-state index in [1.165, 1.54) is 0 Å². The highest BCUT2D eigenvalue weighted by atomic mass is 16.4. The molecular weight excluding hydrogens is 166 g/mol. The lowest BCUT2D eigenvalue weighted by atomic mass is 10.3. The first-order valence-corrected chi connectivity index (χ1v) is 3.58. The number of nitrogens with zero attached hydrogens (tertiary/aromatic N) is 1. The second-order valence-corrected chi connectivity index (χ2v) is 2.03. The second kappa shape index (κ2) is 6.79. The predicted molar refractivity (Wildman–Crippen MR) is 52.2 cm³/mol. The summed E-state index contributed by atoms with van der Waals surface area (Å²) < 4.78 is 0. The molecule has 0 saturated carbocycles. The van der Waals surface area contributed by atoms with E-state index in [0.717, 1.165) is 11.6 Å². The van der Waals surface area contributed by atoms with Gasteiger partial charge in [-0.3, -0.25) is 4.98 Å². The van der Waals surface area contributed by atoms with Gasteiger partial charge >= 0.3 is 5.97 Å². The Hall–Kier alpha value is -1.90. The summed E-state index contributed by atoms with van der Waals surface area (Å²) in [5, 5.41) is 7.60. The molecule has 1 aromatic rings. The highest BCUT2D eigenvalue weighted by Gasteiger charge is 1.76. The van der Waals surface area contributed by atoms with E-state index in [9.17, 15) is 4.79 Å². The summed E-state index contributed by atoms with van der Waals surface area (Å²) in [5.74, 6) is -0.981. The minimum absolute atomic E-state index is 0.833. The van der Waals surface area contributed by atoms with Gasteiger partial charge in [-0.1, -0.05) is 19.2 Å². The lowest BCUT2D eigenvalue weighted by molar-refractivity contribution is -0.131. The number of carboxylic acids is 1. The number of rotatable bonds is 2. The monoisotopic (exact) mass is 177 g/mol. The third-order valence-electron chi connectivity index (χ3n) is 1.12. The molecule has 0 atom stereocenters. The van der Waals surface area contributed by atoms with Gasteiger partial charge in [0.05, 0.1) is 0 Å². The van der Waals surface area contributed by atoms with Gasteiger partial charge in [-0.25, -0.2) is 4.79 Å². The SMILES string of the molecule is C=CC(=O)O.C=Cc1ccncc1. The van der Waals surface area contributed by atoms with Gasteiger partial charge in [-0.05, 0) is 17.7 Å². The van der Waals surface area contributed by atoms with Crippen LogP contribution in [0.15, 0.2) is 43.8 Å². The van der Waals surface area contributed by atoms with Crippen molar-refractivity contribution in [3.05, 3.63) is 49.3 Å². The third-order valence-corrected chi connectivity index (χ3v) is 1.12. The van der Waals surface area contributed by atoms with Crippen molar-refractivity contribution in [2.75, 3.05) is 0 Å². The predicted octanol–water partition coefficient (Wildman–Crippen LogP) is 1.98. The number of carbonyl (C=O) groups is 1. The van der Waals surface area contributed by atoms with Crippen LogP contribution >= 0.6 is 0 Å². The summed E-state index contributed by atoms with van der Waals surface area (Å²) in [6, 6.07) is 3.82. The molecular formula is C10H11NO2. The molecule has 0 unspecified atom stereocenters. The van der Waals surface area contributed by atoms with Crippen LogP contribution in [0, 0.1) is 0 Å². The van der Waals surface area contributed by atoms with Crippen molar-refractivity contribution in [2.24, 2.45) is 0 Å². The first kappa shape index (κ1) is 11.1. The minimum Gasteiger partial charge on any atom is -0.478 e. The molecule has 0 aliphatic carbocycles. The number of pyridine rings is 1. The topological polar surface area (TPSA) is 50.2 Å². The second-order valence-electron chi connectivity index (χ2n) is 2.03. The molecule has 3 heteroatoms. The summed E-state index contributed by atoms with van der Waals surface area (Å²) in [7, 11) is 0. The fourth-order valence-corrected chi connectivity index (χ4v) is 0.500. The smallest absolute Gasteiger partial charge is 0.327 e. The molecule has 1 rings (SSSR count). The Labute approximate surface area is 77.1 Å². The van der Waals surface area contributed by atoms with Gasteiger partial charge in [0.25, 0.3) is 0 Å². The van der Waals surface area contributed by atoms with Crippen molar-refractivity contribution in [3.63, 3.8) is 0 Å². The van der Waals surface area contributed by atoms with Crippen LogP contribution in [0.3, 0.4) is 0 Å². The lowest BCUT2D eigenvalue weighted by Gasteiger charge is -1.84. The normalized spacial score (nSPS) is 7.69. The van der Waals surface area contributed by atoms with E-state index in [0.29, 0.717) is 0 Å². The molecule has 0 fully saturated rings. The fraction of sp³-hybridized carbons (Fsp3) is 0. The molecule has 68 valence electrons. The molecule has 0 aliphatic heterocycles. The Balaban J connectivity index is 0.000000252. The number of hydrogen-bond donors (Lipinski definition) is 1. The van der Waals surface area contributed by atoms with Crippen LogP contribution in [0.5, 0.6) is 0 Å². The van der Waals surface area contributed by atoms with Gasteiger partial charge in [-0.2, -0.15) is 0 Å². The Morgan fingerprint density at radius 2 is 1.85 bits per heavy atom. The van der Waals surface area contributed by atoms with Crippen molar-refractivity contribution < 1.29 is 9.90 Å². The molecule has 0 spiro atoms. The van der Waals surface area contributed by atoms with Crippen molar-refractivity contribution in [2.45, 2.75) is 0 Å². The van der Waals surface area contributed by atoms with E-state index >= 15 is 0 Å². The summed E-state index contributed by atoms with van der Waals surface area (Å²) in [4.78, 5) is 13.1. The van der Waals surface area contributed by atoms with Crippen LogP contribution in [0.4, 0.5) is 0 Å². The standard InChI is InChI=1S/C7H7N.C3H4O2/c1-2-7-3-5-8-6-4-7;1-2-3(4)5/h2-6H,1H2;2H,1H2,(H,4,5). The average molecular weight is 177 g/mol. The zero-order valence-electron chi connectivity index (χ0n) is 7.18. The maximum Gasteiger partial charge on any atom is 0.327 e. The van der Waals surface area contributed by atoms with Crippen LogP contribution in [0.1, 0.15) is 5.56 Å². The molecule has 1 N–H and O–H groups in total. The van der Waals surface area contributed by atoms with Crippen LogP contribution in [0.25, 0.3) is 6.08 Å². The Morgan fingerprint density at radius 3 is 2.08 bits per heavy atom. The maximum atomic E-state index is 9.25. The summed E-state index contributed by atoms with van der Waals surface area (Å²) in [6.07, 6.45) is 6.12. The summed E-state index contributed by atoms with van der Waals surface area (Å²) in [6.45, 7) is 6.56. The van der Waals surface area contributed by atoms with E-state index in [1.807, 2.05) is 12.1 Å². The first-order chi connectivity index (χ1) is 6.20. The molecule has 0 aromatic carbocycles. The molecule has 1 aromatic heterocycles.